The molecule has 4 aromatic rings. The van der Waals surface area contributed by atoms with Crippen molar-refractivity contribution < 1.29 is 4.79 Å². The van der Waals surface area contributed by atoms with Crippen LogP contribution in [0.25, 0.3) is 22.6 Å². The van der Waals surface area contributed by atoms with Gasteiger partial charge in [-0.2, -0.15) is 0 Å². The third-order valence-electron chi connectivity index (χ3n) is 4.28. The number of carbonyl (C=O) groups is 1. The average Bonchev–Trinajstić information content (AvgIpc) is 3.41. The maximum absolute atomic E-state index is 12.5. The number of amides is 1. The zero-order chi connectivity index (χ0) is 21.6. The lowest BCUT2D eigenvalue weighted by Gasteiger charge is -2.07. The topological polar surface area (TPSA) is 72.7 Å². The van der Waals surface area contributed by atoms with Gasteiger partial charge in [0.05, 0.1) is 11.4 Å². The quantitative estimate of drug-likeness (QED) is 0.268. The van der Waals surface area contributed by atoms with E-state index in [0.29, 0.717) is 21.9 Å². The van der Waals surface area contributed by atoms with Gasteiger partial charge in [0.1, 0.15) is 0 Å². The summed E-state index contributed by atoms with van der Waals surface area (Å²) in [5.41, 5.74) is 2.70. The number of hydrogen-bond donors (Lipinski definition) is 1. The summed E-state index contributed by atoms with van der Waals surface area (Å²) in [6.45, 7) is 4.37. The average molecular weight is 468 g/mol. The van der Waals surface area contributed by atoms with Crippen molar-refractivity contribution in [3.05, 3.63) is 77.7 Å². The largest absolute Gasteiger partial charge is 0.301 e. The van der Waals surface area contributed by atoms with Crippen molar-refractivity contribution in [1.29, 1.82) is 0 Å². The Bertz CT molecular complexity index is 1190. The molecule has 0 spiro atoms. The third kappa shape index (κ3) is 5.22. The molecular weight excluding hydrogens is 450 g/mol. The van der Waals surface area contributed by atoms with Crippen LogP contribution in [0.5, 0.6) is 0 Å². The molecule has 9 heteroatoms. The van der Waals surface area contributed by atoms with Crippen molar-refractivity contribution in [2.75, 3.05) is 11.1 Å². The zero-order valence-corrected chi connectivity index (χ0v) is 18.8. The van der Waals surface area contributed by atoms with E-state index in [2.05, 4.69) is 27.1 Å². The van der Waals surface area contributed by atoms with Gasteiger partial charge in [-0.1, -0.05) is 71.9 Å². The number of carbonyl (C=O) groups excluding carboxylic acids is 1. The van der Waals surface area contributed by atoms with Crippen LogP contribution in [-0.4, -0.2) is 31.4 Å². The fourth-order valence-corrected chi connectivity index (χ4v) is 4.47. The molecule has 156 valence electrons. The van der Waals surface area contributed by atoms with Gasteiger partial charge in [-0.15, -0.1) is 28.1 Å². The number of nitrogens with zero attached hydrogens (tertiary/aromatic N) is 4. The van der Waals surface area contributed by atoms with Crippen LogP contribution in [0.4, 0.5) is 5.13 Å². The minimum atomic E-state index is -0.156. The predicted molar refractivity (Wildman–Crippen MR) is 128 cm³/mol. The number of hydrogen-bond acceptors (Lipinski definition) is 6. The molecule has 0 bridgehead atoms. The molecule has 2 heterocycles. The Balaban J connectivity index is 1.41. The van der Waals surface area contributed by atoms with E-state index >= 15 is 0 Å². The summed E-state index contributed by atoms with van der Waals surface area (Å²) in [7, 11) is 0. The molecule has 0 aliphatic heterocycles. The summed E-state index contributed by atoms with van der Waals surface area (Å²) in [4.78, 5) is 16.9. The highest BCUT2D eigenvalue weighted by atomic mass is 35.5. The molecule has 4 rings (SSSR count). The number of anilines is 1. The number of thiazole rings is 1. The van der Waals surface area contributed by atoms with E-state index in [0.717, 1.165) is 22.6 Å². The SMILES string of the molecule is C=CCn1c(SCC(=O)Nc2nc(-c3ccc(Cl)cc3)cs2)nnc1-c1ccccc1. The monoisotopic (exact) mass is 467 g/mol. The van der Waals surface area contributed by atoms with Crippen molar-refractivity contribution in [2.45, 2.75) is 11.7 Å². The third-order valence-corrected chi connectivity index (χ3v) is 6.26. The summed E-state index contributed by atoms with van der Waals surface area (Å²) in [5, 5.41) is 15.2. The van der Waals surface area contributed by atoms with Gasteiger partial charge >= 0.3 is 0 Å². The predicted octanol–water partition coefficient (Wildman–Crippen LogP) is 5.64. The Morgan fingerprint density at radius 3 is 2.65 bits per heavy atom. The smallest absolute Gasteiger partial charge is 0.236 e. The lowest BCUT2D eigenvalue weighted by atomic mass is 10.2. The Morgan fingerprint density at radius 1 is 1.13 bits per heavy atom. The summed E-state index contributed by atoms with van der Waals surface area (Å²) >= 11 is 8.64. The van der Waals surface area contributed by atoms with Crippen LogP contribution >= 0.6 is 34.7 Å². The van der Waals surface area contributed by atoms with Gasteiger partial charge in [0, 0.05) is 28.1 Å². The molecule has 0 aliphatic rings. The second kappa shape index (κ2) is 9.91. The molecule has 2 aromatic carbocycles. The lowest BCUT2D eigenvalue weighted by Crippen LogP contribution is -2.14. The van der Waals surface area contributed by atoms with Gasteiger partial charge in [0.25, 0.3) is 0 Å². The van der Waals surface area contributed by atoms with E-state index in [9.17, 15) is 4.79 Å². The number of nitrogens with one attached hydrogen (secondary N) is 1. The van der Waals surface area contributed by atoms with E-state index < -0.39 is 0 Å². The van der Waals surface area contributed by atoms with Crippen LogP contribution in [0, 0.1) is 0 Å². The van der Waals surface area contributed by atoms with E-state index in [1.807, 2.05) is 64.5 Å². The van der Waals surface area contributed by atoms with Crippen LogP contribution in [0.1, 0.15) is 0 Å². The summed E-state index contributed by atoms with van der Waals surface area (Å²) in [6, 6.07) is 17.2. The van der Waals surface area contributed by atoms with Gasteiger partial charge in [-0.05, 0) is 12.1 Å². The number of aromatic nitrogens is 4. The fraction of sp³-hybridized carbons (Fsp3) is 0.0909. The van der Waals surface area contributed by atoms with Gasteiger partial charge in [0.15, 0.2) is 16.1 Å². The van der Waals surface area contributed by atoms with E-state index in [4.69, 9.17) is 11.6 Å². The Hall–Kier alpha value is -2.94. The minimum Gasteiger partial charge on any atom is -0.301 e. The van der Waals surface area contributed by atoms with E-state index in [1.54, 1.807) is 6.08 Å². The maximum Gasteiger partial charge on any atom is 0.236 e. The van der Waals surface area contributed by atoms with Crippen LogP contribution in [0.15, 0.2) is 77.8 Å². The highest BCUT2D eigenvalue weighted by Gasteiger charge is 2.15. The molecule has 0 saturated carbocycles. The second-order valence-corrected chi connectivity index (χ2v) is 8.69. The highest BCUT2D eigenvalue weighted by Crippen LogP contribution is 2.27. The number of thioether (sulfide) groups is 1. The molecule has 0 aliphatic carbocycles. The Kier molecular flexibility index (Phi) is 6.81. The summed E-state index contributed by atoms with van der Waals surface area (Å²) in [6.07, 6.45) is 1.79. The zero-order valence-electron chi connectivity index (χ0n) is 16.4. The number of rotatable bonds is 8. The summed E-state index contributed by atoms with van der Waals surface area (Å²) < 4.78 is 1.95. The molecule has 2 aromatic heterocycles. The van der Waals surface area contributed by atoms with Crippen molar-refractivity contribution in [3.63, 3.8) is 0 Å². The molecule has 0 saturated heterocycles. The molecule has 1 N–H and O–H groups in total. The molecule has 1 amide bonds. The number of halogens is 1. The van der Waals surface area contributed by atoms with Crippen LogP contribution in [-0.2, 0) is 11.3 Å². The number of benzene rings is 2. The summed E-state index contributed by atoms with van der Waals surface area (Å²) in [5.74, 6) is 0.785. The first kappa shape index (κ1) is 21.3. The Morgan fingerprint density at radius 2 is 1.90 bits per heavy atom. The van der Waals surface area contributed by atoms with Crippen molar-refractivity contribution >= 4 is 45.7 Å². The molecule has 31 heavy (non-hydrogen) atoms. The first-order chi connectivity index (χ1) is 15.1. The van der Waals surface area contributed by atoms with Crippen molar-refractivity contribution in [3.8, 4) is 22.6 Å². The highest BCUT2D eigenvalue weighted by molar-refractivity contribution is 7.99. The Labute approximate surface area is 193 Å². The van der Waals surface area contributed by atoms with Crippen molar-refractivity contribution in [1.82, 2.24) is 19.7 Å². The van der Waals surface area contributed by atoms with Gasteiger partial charge in [-0.3, -0.25) is 9.36 Å². The normalized spacial score (nSPS) is 10.7. The molecule has 0 atom stereocenters. The molecular formula is C22H18ClN5OS2. The van der Waals surface area contributed by atoms with E-state index in [1.165, 1.54) is 23.1 Å². The first-order valence-corrected chi connectivity index (χ1v) is 11.6. The molecule has 0 radical (unpaired) electrons. The lowest BCUT2D eigenvalue weighted by molar-refractivity contribution is -0.113. The van der Waals surface area contributed by atoms with Gasteiger partial charge in [0.2, 0.25) is 5.91 Å². The molecule has 6 nitrogen and oxygen atoms in total. The van der Waals surface area contributed by atoms with Crippen LogP contribution in [0.3, 0.4) is 0 Å². The second-order valence-electron chi connectivity index (χ2n) is 6.45. The van der Waals surface area contributed by atoms with Crippen LogP contribution < -0.4 is 5.32 Å². The van der Waals surface area contributed by atoms with Crippen LogP contribution in [0.2, 0.25) is 5.02 Å². The maximum atomic E-state index is 12.5. The number of allylic oxidation sites excluding steroid dienone is 1. The molecule has 0 unspecified atom stereocenters. The van der Waals surface area contributed by atoms with Gasteiger partial charge < -0.3 is 5.32 Å². The molecule has 0 fully saturated rings. The van der Waals surface area contributed by atoms with Gasteiger partial charge in [-0.25, -0.2) is 4.98 Å². The van der Waals surface area contributed by atoms with Crippen molar-refractivity contribution in [2.24, 2.45) is 0 Å². The minimum absolute atomic E-state index is 0.156. The standard InChI is InChI=1S/C22H18ClN5OS2/c1-2-12-28-20(16-6-4-3-5-7-16)26-27-22(28)31-14-19(29)25-21-24-18(13-30-21)15-8-10-17(23)11-9-15/h2-11,13H,1,12,14H2,(H,24,25,29). The fourth-order valence-electron chi connectivity index (χ4n) is 2.86. The van der Waals surface area contributed by atoms with E-state index in [-0.39, 0.29) is 11.7 Å². The first-order valence-electron chi connectivity index (χ1n) is 9.37.